The van der Waals surface area contributed by atoms with Crippen molar-refractivity contribution in [1.82, 2.24) is 9.27 Å². The van der Waals surface area contributed by atoms with E-state index >= 15 is 0 Å². The summed E-state index contributed by atoms with van der Waals surface area (Å²) < 4.78 is 4.26. The van der Waals surface area contributed by atoms with E-state index in [1.165, 1.54) is 11.5 Å². The van der Waals surface area contributed by atoms with Crippen LogP contribution in [0, 0.1) is 11.8 Å². The number of piperidine rings is 1. The molecule has 6 heteroatoms. The van der Waals surface area contributed by atoms with Crippen LogP contribution in [0.1, 0.15) is 26.7 Å². The second kappa shape index (κ2) is 6.66. The van der Waals surface area contributed by atoms with Crippen molar-refractivity contribution in [2.75, 3.05) is 18.4 Å². The summed E-state index contributed by atoms with van der Waals surface area (Å²) in [5.74, 6) is 0.220. The molecular weight excluding hydrogens is 310 g/mol. The van der Waals surface area contributed by atoms with E-state index in [2.05, 4.69) is 9.69 Å². The van der Waals surface area contributed by atoms with Crippen LogP contribution >= 0.6 is 11.5 Å². The SMILES string of the molecule is CC(C)C(=O)N1CCC(C(=O)Nc2ccc3nscc3c2)CC1. The first kappa shape index (κ1) is 15.9. The molecule has 2 amide bonds. The topological polar surface area (TPSA) is 62.3 Å². The third kappa shape index (κ3) is 3.52. The van der Waals surface area contributed by atoms with Crippen molar-refractivity contribution in [2.24, 2.45) is 11.8 Å². The van der Waals surface area contributed by atoms with E-state index in [9.17, 15) is 9.59 Å². The normalized spacial score (nSPS) is 16.0. The highest BCUT2D eigenvalue weighted by molar-refractivity contribution is 7.04. The van der Waals surface area contributed by atoms with Crippen LogP contribution in [0.15, 0.2) is 23.6 Å². The zero-order valence-electron chi connectivity index (χ0n) is 13.4. The van der Waals surface area contributed by atoms with Gasteiger partial charge in [-0.3, -0.25) is 9.59 Å². The Morgan fingerprint density at radius 2 is 2.04 bits per heavy atom. The Morgan fingerprint density at radius 3 is 2.74 bits per heavy atom. The molecule has 1 aromatic carbocycles. The second-order valence-corrected chi connectivity index (χ2v) is 6.96. The number of rotatable bonds is 3. The van der Waals surface area contributed by atoms with Crippen LogP contribution in [0.3, 0.4) is 0 Å². The van der Waals surface area contributed by atoms with E-state index in [0.717, 1.165) is 29.4 Å². The molecule has 0 atom stereocenters. The van der Waals surface area contributed by atoms with Gasteiger partial charge in [-0.05, 0) is 42.6 Å². The average Bonchev–Trinajstić information content (AvgIpc) is 3.01. The van der Waals surface area contributed by atoms with E-state index in [1.54, 1.807) is 0 Å². The van der Waals surface area contributed by atoms with E-state index in [-0.39, 0.29) is 23.7 Å². The lowest BCUT2D eigenvalue weighted by molar-refractivity contribution is -0.137. The quantitative estimate of drug-likeness (QED) is 0.940. The van der Waals surface area contributed by atoms with Gasteiger partial charge < -0.3 is 10.2 Å². The molecule has 0 spiro atoms. The molecule has 23 heavy (non-hydrogen) atoms. The Labute approximate surface area is 139 Å². The molecule has 1 aromatic heterocycles. The predicted molar refractivity (Wildman–Crippen MR) is 92.4 cm³/mol. The van der Waals surface area contributed by atoms with Crippen molar-refractivity contribution in [3.8, 4) is 0 Å². The Balaban J connectivity index is 1.58. The number of carbonyl (C=O) groups is 2. The maximum absolute atomic E-state index is 12.4. The van der Waals surface area contributed by atoms with Crippen molar-refractivity contribution in [3.63, 3.8) is 0 Å². The summed E-state index contributed by atoms with van der Waals surface area (Å²) in [6.45, 7) is 5.16. The Hall–Kier alpha value is -1.95. The molecule has 0 saturated carbocycles. The van der Waals surface area contributed by atoms with Crippen molar-refractivity contribution < 1.29 is 9.59 Å². The number of hydrogen-bond acceptors (Lipinski definition) is 4. The lowest BCUT2D eigenvalue weighted by Crippen LogP contribution is -2.43. The van der Waals surface area contributed by atoms with Gasteiger partial charge in [-0.2, -0.15) is 4.37 Å². The van der Waals surface area contributed by atoms with Crippen LogP contribution in [0.4, 0.5) is 5.69 Å². The van der Waals surface area contributed by atoms with Crippen LogP contribution in [-0.4, -0.2) is 34.2 Å². The maximum Gasteiger partial charge on any atom is 0.227 e. The molecular formula is C17H21N3O2S. The van der Waals surface area contributed by atoms with Gasteiger partial charge in [0.05, 0.1) is 5.52 Å². The molecule has 122 valence electrons. The van der Waals surface area contributed by atoms with Gasteiger partial charge >= 0.3 is 0 Å². The fraction of sp³-hybridized carbons (Fsp3) is 0.471. The molecule has 1 aliphatic rings. The van der Waals surface area contributed by atoms with Crippen LogP contribution in [-0.2, 0) is 9.59 Å². The Kier molecular flexibility index (Phi) is 4.61. The largest absolute Gasteiger partial charge is 0.342 e. The van der Waals surface area contributed by atoms with Gasteiger partial charge in [0.15, 0.2) is 0 Å². The number of nitrogens with one attached hydrogen (secondary N) is 1. The smallest absolute Gasteiger partial charge is 0.227 e. The fourth-order valence-electron chi connectivity index (χ4n) is 2.92. The van der Waals surface area contributed by atoms with Crippen molar-refractivity contribution in [2.45, 2.75) is 26.7 Å². The molecule has 1 saturated heterocycles. The number of aromatic nitrogens is 1. The standard InChI is InChI=1S/C17H21N3O2S/c1-11(2)17(22)20-7-5-12(6-8-20)16(21)18-14-3-4-15-13(9-14)10-23-19-15/h3-4,9-12H,5-8H2,1-2H3,(H,18,21). The van der Waals surface area contributed by atoms with E-state index in [1.807, 2.05) is 42.3 Å². The molecule has 0 aliphatic carbocycles. The molecule has 3 rings (SSSR count). The number of benzene rings is 1. The predicted octanol–water partition coefficient (Wildman–Crippen LogP) is 3.13. The molecule has 5 nitrogen and oxygen atoms in total. The van der Waals surface area contributed by atoms with Crippen molar-refractivity contribution >= 4 is 39.9 Å². The molecule has 1 N–H and O–H groups in total. The van der Waals surface area contributed by atoms with Gasteiger partial charge in [-0.25, -0.2) is 0 Å². The Bertz CT molecular complexity index is 717. The molecule has 2 aromatic rings. The number of amides is 2. The van der Waals surface area contributed by atoms with Gasteiger partial charge in [-0.15, -0.1) is 0 Å². The first-order valence-electron chi connectivity index (χ1n) is 7.98. The summed E-state index contributed by atoms with van der Waals surface area (Å²) in [5.41, 5.74) is 1.76. The first-order valence-corrected chi connectivity index (χ1v) is 8.82. The van der Waals surface area contributed by atoms with Crippen LogP contribution in [0.25, 0.3) is 10.9 Å². The number of likely N-dealkylation sites (tertiary alicyclic amines) is 1. The third-order valence-corrected chi connectivity index (χ3v) is 4.96. The number of fused-ring (bicyclic) bond motifs is 1. The molecule has 1 fully saturated rings. The van der Waals surface area contributed by atoms with E-state index < -0.39 is 0 Å². The van der Waals surface area contributed by atoms with Gasteiger partial charge in [0, 0.05) is 41.4 Å². The lowest BCUT2D eigenvalue weighted by Gasteiger charge is -2.32. The van der Waals surface area contributed by atoms with Crippen LogP contribution < -0.4 is 5.32 Å². The summed E-state index contributed by atoms with van der Waals surface area (Å²) in [5, 5.41) is 6.01. The summed E-state index contributed by atoms with van der Waals surface area (Å²) >= 11 is 1.41. The minimum absolute atomic E-state index is 0.0197. The van der Waals surface area contributed by atoms with Gasteiger partial charge in [0.2, 0.25) is 11.8 Å². The number of carbonyl (C=O) groups excluding carboxylic acids is 2. The highest BCUT2D eigenvalue weighted by atomic mass is 32.1. The monoisotopic (exact) mass is 331 g/mol. The molecule has 2 heterocycles. The summed E-state index contributed by atoms with van der Waals surface area (Å²) in [4.78, 5) is 26.3. The summed E-state index contributed by atoms with van der Waals surface area (Å²) in [7, 11) is 0. The number of hydrogen-bond donors (Lipinski definition) is 1. The van der Waals surface area contributed by atoms with Gasteiger partial charge in [0.1, 0.15) is 0 Å². The van der Waals surface area contributed by atoms with Gasteiger partial charge in [0.25, 0.3) is 0 Å². The summed E-state index contributed by atoms with van der Waals surface area (Å²) in [6, 6.07) is 5.76. The zero-order chi connectivity index (χ0) is 16.4. The van der Waals surface area contributed by atoms with Crippen molar-refractivity contribution in [3.05, 3.63) is 23.6 Å². The second-order valence-electron chi connectivity index (χ2n) is 6.33. The lowest BCUT2D eigenvalue weighted by atomic mass is 9.95. The minimum Gasteiger partial charge on any atom is -0.342 e. The Morgan fingerprint density at radius 1 is 1.30 bits per heavy atom. The first-order chi connectivity index (χ1) is 11.0. The molecule has 0 bridgehead atoms. The molecule has 0 unspecified atom stereocenters. The highest BCUT2D eigenvalue weighted by Crippen LogP contribution is 2.23. The minimum atomic E-state index is -0.0255. The molecule has 0 radical (unpaired) electrons. The molecule has 1 aliphatic heterocycles. The van der Waals surface area contributed by atoms with Crippen LogP contribution in [0.5, 0.6) is 0 Å². The number of nitrogens with zero attached hydrogens (tertiary/aromatic N) is 2. The average molecular weight is 331 g/mol. The maximum atomic E-state index is 12.4. The number of anilines is 1. The zero-order valence-corrected chi connectivity index (χ0v) is 14.2. The van der Waals surface area contributed by atoms with E-state index in [4.69, 9.17) is 0 Å². The van der Waals surface area contributed by atoms with Crippen LogP contribution in [0.2, 0.25) is 0 Å². The van der Waals surface area contributed by atoms with Gasteiger partial charge in [-0.1, -0.05) is 13.8 Å². The fourth-order valence-corrected chi connectivity index (χ4v) is 3.56. The third-order valence-electron chi connectivity index (χ3n) is 4.30. The van der Waals surface area contributed by atoms with E-state index in [0.29, 0.717) is 13.1 Å². The summed E-state index contributed by atoms with van der Waals surface area (Å²) in [6.07, 6.45) is 1.46. The van der Waals surface area contributed by atoms with Crippen molar-refractivity contribution in [1.29, 1.82) is 0 Å². The highest BCUT2D eigenvalue weighted by Gasteiger charge is 2.28.